The molecule has 0 spiro atoms. The second-order valence-corrected chi connectivity index (χ2v) is 9.51. The normalized spacial score (nSPS) is 16.1. The van der Waals surface area contributed by atoms with Crippen LogP contribution in [0.1, 0.15) is 30.9 Å². The molecule has 1 N–H and O–H groups in total. The highest BCUT2D eigenvalue weighted by atomic mass is 79.9. The second-order valence-electron chi connectivity index (χ2n) is 6.82. The molecular weight excluding hydrogens is 450 g/mol. The molecule has 8 heteroatoms. The number of fused-ring (bicyclic) bond motifs is 1. The van der Waals surface area contributed by atoms with Crippen LogP contribution in [-0.2, 0) is 9.84 Å². The van der Waals surface area contributed by atoms with Crippen LogP contribution in [-0.4, -0.2) is 26.1 Å². The summed E-state index contributed by atoms with van der Waals surface area (Å²) in [6.45, 7) is 1.44. The largest absolute Gasteiger partial charge is 0.328 e. The predicted molar refractivity (Wildman–Crippen MR) is 108 cm³/mol. The lowest BCUT2D eigenvalue weighted by atomic mass is 10.1. The van der Waals surface area contributed by atoms with Gasteiger partial charge in [-0.05, 0) is 60.1 Å². The molecule has 0 bridgehead atoms. The predicted octanol–water partition coefficient (Wildman–Crippen LogP) is 5.10. The van der Waals surface area contributed by atoms with Crippen molar-refractivity contribution < 1.29 is 17.2 Å². The summed E-state index contributed by atoms with van der Waals surface area (Å²) in [7, 11) is -4.17. The van der Waals surface area contributed by atoms with Gasteiger partial charge in [-0.25, -0.2) is 17.2 Å². The van der Waals surface area contributed by atoms with Crippen molar-refractivity contribution in [3.8, 4) is 0 Å². The van der Waals surface area contributed by atoms with E-state index < -0.39 is 21.8 Å². The van der Waals surface area contributed by atoms with Gasteiger partial charge in [0.1, 0.15) is 5.03 Å². The number of para-hydroxylation sites is 1. The Kier molecular flexibility index (Phi) is 5.28. The Morgan fingerprint density at radius 1 is 1.04 bits per heavy atom. The van der Waals surface area contributed by atoms with Crippen LogP contribution in [0.5, 0.6) is 0 Å². The Labute approximate surface area is 170 Å². The van der Waals surface area contributed by atoms with E-state index in [2.05, 4.69) is 21.2 Å². The average Bonchev–Trinajstić information content (AvgIpc) is 3.05. The number of hydrogen-bond donors (Lipinski definition) is 1. The maximum absolute atomic E-state index is 14.2. The molecular formula is C20H19BrF2N2O2S. The molecule has 0 saturated carbocycles. The van der Waals surface area contributed by atoms with Gasteiger partial charge in [0, 0.05) is 21.4 Å². The fraction of sp³-hybridized carbons (Fsp3) is 0.300. The van der Waals surface area contributed by atoms with E-state index in [1.54, 1.807) is 47.0 Å². The number of nitrogens with one attached hydrogen (secondary N) is 1. The van der Waals surface area contributed by atoms with Crippen molar-refractivity contribution in [3.05, 3.63) is 58.6 Å². The van der Waals surface area contributed by atoms with Crippen molar-refractivity contribution in [2.75, 3.05) is 13.1 Å². The number of alkyl halides is 2. The summed E-state index contributed by atoms with van der Waals surface area (Å²) in [5.74, 6) is 0. The topological polar surface area (TPSA) is 51.1 Å². The van der Waals surface area contributed by atoms with E-state index in [4.69, 9.17) is 0 Å². The lowest BCUT2D eigenvalue weighted by Crippen LogP contribution is -2.30. The van der Waals surface area contributed by atoms with Gasteiger partial charge >= 0.3 is 0 Å². The summed E-state index contributed by atoms with van der Waals surface area (Å²) in [6.07, 6.45) is -1.54. The monoisotopic (exact) mass is 468 g/mol. The van der Waals surface area contributed by atoms with Gasteiger partial charge in [0.15, 0.2) is 0 Å². The van der Waals surface area contributed by atoms with Gasteiger partial charge in [0.05, 0.1) is 10.5 Å². The van der Waals surface area contributed by atoms with E-state index in [-0.39, 0.29) is 16.0 Å². The fourth-order valence-electron chi connectivity index (χ4n) is 3.95. The summed E-state index contributed by atoms with van der Waals surface area (Å²) in [4.78, 5) is -0.00473. The first kappa shape index (κ1) is 19.5. The molecule has 0 amide bonds. The summed E-state index contributed by atoms with van der Waals surface area (Å²) < 4.78 is 57.6. The Morgan fingerprint density at radius 3 is 2.36 bits per heavy atom. The number of nitrogens with zero attached hydrogens (tertiary/aromatic N) is 1. The van der Waals surface area contributed by atoms with Crippen LogP contribution >= 0.6 is 15.9 Å². The molecule has 0 aliphatic carbocycles. The molecule has 2 aromatic carbocycles. The Morgan fingerprint density at radius 2 is 1.68 bits per heavy atom. The minimum atomic E-state index is -4.17. The van der Waals surface area contributed by atoms with Crippen molar-refractivity contribution in [2.45, 2.75) is 35.2 Å². The van der Waals surface area contributed by atoms with Gasteiger partial charge in [-0.3, -0.25) is 0 Å². The lowest BCUT2D eigenvalue weighted by Gasteiger charge is -2.27. The van der Waals surface area contributed by atoms with Crippen LogP contribution in [0.25, 0.3) is 10.9 Å². The van der Waals surface area contributed by atoms with E-state index in [0.717, 1.165) is 13.1 Å². The maximum Gasteiger partial charge on any atom is 0.267 e. The van der Waals surface area contributed by atoms with Crippen LogP contribution in [0.4, 0.5) is 8.78 Å². The third-order valence-electron chi connectivity index (χ3n) is 5.18. The maximum atomic E-state index is 14.2. The molecule has 1 saturated heterocycles. The van der Waals surface area contributed by atoms with Crippen molar-refractivity contribution in [1.82, 2.24) is 9.88 Å². The van der Waals surface area contributed by atoms with Crippen LogP contribution in [0.15, 0.2) is 62.9 Å². The zero-order chi connectivity index (χ0) is 19.9. The molecule has 1 aliphatic rings. The smallest absolute Gasteiger partial charge is 0.267 e. The van der Waals surface area contributed by atoms with Crippen molar-refractivity contribution in [1.29, 1.82) is 0 Å². The lowest BCUT2D eigenvalue weighted by molar-refractivity contribution is 0.148. The van der Waals surface area contributed by atoms with E-state index in [1.807, 2.05) is 0 Å². The van der Waals surface area contributed by atoms with Crippen LogP contribution < -0.4 is 5.32 Å². The Bertz CT molecular complexity index is 1120. The Hall–Kier alpha value is -1.77. The third-order valence-corrected chi connectivity index (χ3v) is 7.99. The summed E-state index contributed by atoms with van der Waals surface area (Å²) in [6, 6.07) is 12.9. The first-order chi connectivity index (χ1) is 13.4. The first-order valence-electron chi connectivity index (χ1n) is 9.04. The number of rotatable bonds is 4. The quantitative estimate of drug-likeness (QED) is 0.579. The van der Waals surface area contributed by atoms with Crippen LogP contribution in [0.2, 0.25) is 0 Å². The van der Waals surface area contributed by atoms with Gasteiger partial charge in [0.25, 0.3) is 6.43 Å². The molecule has 1 aliphatic heterocycles. The molecule has 0 unspecified atom stereocenters. The Balaban J connectivity index is 2.09. The fourth-order valence-corrected chi connectivity index (χ4v) is 6.65. The van der Waals surface area contributed by atoms with Gasteiger partial charge in [0.2, 0.25) is 9.84 Å². The highest BCUT2D eigenvalue weighted by molar-refractivity contribution is 9.10. The standard InChI is InChI=1S/C20H19BrF2N2O2S/c21-15-6-2-4-8-17(15)28(26,27)20-18(19(22)23)14-5-1-3-7-16(14)25(20)13-9-11-24-12-10-13/h1-8,13,19,24H,9-12H2. The molecule has 28 heavy (non-hydrogen) atoms. The first-order valence-corrected chi connectivity index (χ1v) is 11.3. The molecule has 1 aromatic heterocycles. The molecule has 148 valence electrons. The minimum Gasteiger partial charge on any atom is -0.328 e. The average molecular weight is 469 g/mol. The van der Waals surface area contributed by atoms with Gasteiger partial charge in [-0.1, -0.05) is 30.3 Å². The molecule has 3 aromatic rings. The van der Waals surface area contributed by atoms with Crippen LogP contribution in [0, 0.1) is 0 Å². The number of aromatic nitrogens is 1. The second kappa shape index (κ2) is 7.57. The molecule has 2 heterocycles. The number of sulfone groups is 1. The van der Waals surface area contributed by atoms with Crippen molar-refractivity contribution in [3.63, 3.8) is 0 Å². The third kappa shape index (κ3) is 3.17. The zero-order valence-corrected chi connectivity index (χ0v) is 17.3. The van der Waals surface area contributed by atoms with E-state index in [0.29, 0.717) is 28.2 Å². The number of piperidine rings is 1. The highest BCUT2D eigenvalue weighted by Gasteiger charge is 2.36. The highest BCUT2D eigenvalue weighted by Crippen LogP contribution is 2.42. The van der Waals surface area contributed by atoms with Gasteiger partial charge < -0.3 is 9.88 Å². The summed E-state index contributed by atoms with van der Waals surface area (Å²) in [5.41, 5.74) is 0.125. The van der Waals surface area contributed by atoms with E-state index in [1.165, 1.54) is 6.07 Å². The van der Waals surface area contributed by atoms with Crippen molar-refractivity contribution in [2.24, 2.45) is 0 Å². The molecule has 4 rings (SSSR count). The molecule has 0 radical (unpaired) electrons. The number of halogens is 3. The minimum absolute atomic E-state index is 0.00473. The summed E-state index contributed by atoms with van der Waals surface area (Å²) in [5, 5.41) is 3.25. The molecule has 1 fully saturated rings. The van der Waals surface area contributed by atoms with Crippen LogP contribution in [0.3, 0.4) is 0 Å². The summed E-state index contributed by atoms with van der Waals surface area (Å²) >= 11 is 3.27. The molecule has 4 nitrogen and oxygen atoms in total. The van der Waals surface area contributed by atoms with Gasteiger partial charge in [-0.15, -0.1) is 0 Å². The number of benzene rings is 2. The molecule has 0 atom stereocenters. The van der Waals surface area contributed by atoms with E-state index >= 15 is 0 Å². The SMILES string of the molecule is O=S(=O)(c1ccccc1Br)c1c(C(F)F)c2ccccc2n1C1CCNCC1. The van der Waals surface area contributed by atoms with Gasteiger partial charge in [-0.2, -0.15) is 0 Å². The van der Waals surface area contributed by atoms with Crippen molar-refractivity contribution >= 4 is 36.7 Å². The zero-order valence-electron chi connectivity index (χ0n) is 14.9. The van der Waals surface area contributed by atoms with E-state index in [9.17, 15) is 17.2 Å². The number of hydrogen-bond acceptors (Lipinski definition) is 3.